The second-order valence-corrected chi connectivity index (χ2v) is 4.70. The summed E-state index contributed by atoms with van der Waals surface area (Å²) in [5, 5.41) is 1.38. The lowest BCUT2D eigenvalue weighted by atomic mass is 10.0. The van der Waals surface area contributed by atoms with Gasteiger partial charge in [0.05, 0.1) is 5.52 Å². The number of fused-ring (bicyclic) bond motifs is 1. The van der Waals surface area contributed by atoms with Gasteiger partial charge >= 0.3 is 0 Å². The predicted molar refractivity (Wildman–Crippen MR) is 74.7 cm³/mol. The van der Waals surface area contributed by atoms with Gasteiger partial charge in [-0.05, 0) is 25.1 Å². The Morgan fingerprint density at radius 2 is 1.84 bits per heavy atom. The molecule has 0 radical (unpaired) electrons. The molecule has 0 fully saturated rings. The van der Waals surface area contributed by atoms with E-state index in [2.05, 4.69) is 9.97 Å². The Kier molecular flexibility index (Phi) is 2.91. The zero-order chi connectivity index (χ0) is 13.4. The standard InChI is InChI=1S/C15H10ClFN2/c1-9-11-6-13(16)12(7-15(11)19-8-18-9)10-4-2-3-5-14(10)17/h2-8H,1H3. The Balaban J connectivity index is 2.31. The normalized spacial score (nSPS) is 10.9. The Bertz CT molecular complexity index is 771. The Morgan fingerprint density at radius 3 is 2.63 bits per heavy atom. The lowest BCUT2D eigenvalue weighted by Gasteiger charge is -2.08. The maximum Gasteiger partial charge on any atom is 0.131 e. The molecule has 1 heterocycles. The van der Waals surface area contributed by atoms with E-state index in [1.807, 2.05) is 6.92 Å². The van der Waals surface area contributed by atoms with Crippen LogP contribution in [0.2, 0.25) is 5.02 Å². The second kappa shape index (κ2) is 4.59. The fourth-order valence-corrected chi connectivity index (χ4v) is 2.36. The van der Waals surface area contributed by atoms with Crippen LogP contribution in [0.3, 0.4) is 0 Å². The van der Waals surface area contributed by atoms with Crippen molar-refractivity contribution in [1.29, 1.82) is 0 Å². The molecule has 0 N–H and O–H groups in total. The summed E-state index contributed by atoms with van der Waals surface area (Å²) in [4.78, 5) is 8.33. The van der Waals surface area contributed by atoms with E-state index in [9.17, 15) is 4.39 Å². The minimum absolute atomic E-state index is 0.297. The molecular weight excluding hydrogens is 263 g/mol. The first-order valence-electron chi connectivity index (χ1n) is 5.82. The molecule has 2 nitrogen and oxygen atoms in total. The van der Waals surface area contributed by atoms with Crippen LogP contribution in [0, 0.1) is 12.7 Å². The lowest BCUT2D eigenvalue weighted by molar-refractivity contribution is 0.631. The number of aryl methyl sites for hydroxylation is 1. The topological polar surface area (TPSA) is 25.8 Å². The van der Waals surface area contributed by atoms with Crippen molar-refractivity contribution in [3.63, 3.8) is 0 Å². The monoisotopic (exact) mass is 272 g/mol. The summed E-state index contributed by atoms with van der Waals surface area (Å²) in [7, 11) is 0. The molecule has 3 aromatic rings. The fourth-order valence-electron chi connectivity index (χ4n) is 2.09. The van der Waals surface area contributed by atoms with E-state index in [0.717, 1.165) is 16.6 Å². The van der Waals surface area contributed by atoms with Gasteiger partial charge in [0, 0.05) is 27.2 Å². The quantitative estimate of drug-likeness (QED) is 0.656. The largest absolute Gasteiger partial charge is 0.241 e. The van der Waals surface area contributed by atoms with Crippen molar-refractivity contribution in [1.82, 2.24) is 9.97 Å². The molecule has 0 amide bonds. The highest BCUT2D eigenvalue weighted by molar-refractivity contribution is 6.34. The number of halogens is 2. The van der Waals surface area contributed by atoms with Gasteiger partial charge in [0.2, 0.25) is 0 Å². The van der Waals surface area contributed by atoms with Crippen LogP contribution in [0.25, 0.3) is 22.0 Å². The van der Waals surface area contributed by atoms with Crippen LogP contribution in [0.5, 0.6) is 0 Å². The first-order valence-corrected chi connectivity index (χ1v) is 6.20. The number of rotatable bonds is 1. The van der Waals surface area contributed by atoms with E-state index in [4.69, 9.17) is 11.6 Å². The van der Waals surface area contributed by atoms with Crippen LogP contribution < -0.4 is 0 Å². The molecule has 0 aliphatic carbocycles. The molecule has 1 aromatic heterocycles. The van der Waals surface area contributed by atoms with Crippen molar-refractivity contribution in [2.75, 3.05) is 0 Å². The third-order valence-electron chi connectivity index (χ3n) is 3.09. The molecule has 0 unspecified atom stereocenters. The molecular formula is C15H10ClFN2. The molecule has 3 rings (SSSR count). The van der Waals surface area contributed by atoms with Crippen molar-refractivity contribution in [3.05, 3.63) is 59.3 Å². The average Bonchev–Trinajstić information content (AvgIpc) is 2.40. The predicted octanol–water partition coefficient (Wildman–Crippen LogP) is 4.40. The maximum atomic E-state index is 13.8. The third-order valence-corrected chi connectivity index (χ3v) is 3.40. The van der Waals surface area contributed by atoms with Crippen LogP contribution >= 0.6 is 11.6 Å². The molecule has 0 aliphatic heterocycles. The molecule has 2 aromatic carbocycles. The summed E-state index contributed by atoms with van der Waals surface area (Å²) in [6, 6.07) is 10.1. The summed E-state index contributed by atoms with van der Waals surface area (Å²) >= 11 is 6.26. The number of nitrogens with zero attached hydrogens (tertiary/aromatic N) is 2. The van der Waals surface area contributed by atoms with Gasteiger partial charge in [-0.25, -0.2) is 14.4 Å². The van der Waals surface area contributed by atoms with E-state index >= 15 is 0 Å². The Labute approximate surface area is 114 Å². The van der Waals surface area contributed by atoms with Gasteiger partial charge in [0.1, 0.15) is 12.1 Å². The minimum atomic E-state index is -0.297. The van der Waals surface area contributed by atoms with E-state index in [0.29, 0.717) is 16.1 Å². The van der Waals surface area contributed by atoms with E-state index < -0.39 is 0 Å². The molecule has 19 heavy (non-hydrogen) atoms. The van der Waals surface area contributed by atoms with E-state index in [1.165, 1.54) is 12.4 Å². The molecule has 0 saturated heterocycles. The maximum absolute atomic E-state index is 13.8. The van der Waals surface area contributed by atoms with Crippen LogP contribution in [0.15, 0.2) is 42.7 Å². The lowest BCUT2D eigenvalue weighted by Crippen LogP contribution is -1.90. The molecule has 0 aliphatic rings. The SMILES string of the molecule is Cc1ncnc2cc(-c3ccccc3F)c(Cl)cc12. The molecule has 0 saturated carbocycles. The number of aromatic nitrogens is 2. The van der Waals surface area contributed by atoms with Crippen molar-refractivity contribution in [2.45, 2.75) is 6.92 Å². The molecule has 94 valence electrons. The molecule has 0 atom stereocenters. The molecule has 0 spiro atoms. The van der Waals surface area contributed by atoms with Gasteiger partial charge in [-0.1, -0.05) is 29.8 Å². The van der Waals surface area contributed by atoms with Gasteiger partial charge in [-0.3, -0.25) is 0 Å². The number of hydrogen-bond acceptors (Lipinski definition) is 2. The first-order chi connectivity index (χ1) is 9.16. The van der Waals surface area contributed by atoms with E-state index in [-0.39, 0.29) is 5.82 Å². The highest BCUT2D eigenvalue weighted by atomic mass is 35.5. The van der Waals surface area contributed by atoms with Gasteiger partial charge in [-0.2, -0.15) is 0 Å². The minimum Gasteiger partial charge on any atom is -0.241 e. The second-order valence-electron chi connectivity index (χ2n) is 4.29. The Morgan fingerprint density at radius 1 is 1.05 bits per heavy atom. The van der Waals surface area contributed by atoms with Crippen molar-refractivity contribution in [2.24, 2.45) is 0 Å². The first kappa shape index (κ1) is 12.1. The van der Waals surface area contributed by atoms with Crippen LogP contribution in [-0.4, -0.2) is 9.97 Å². The smallest absolute Gasteiger partial charge is 0.131 e. The van der Waals surface area contributed by atoms with Gasteiger partial charge in [0.15, 0.2) is 0 Å². The molecule has 4 heteroatoms. The summed E-state index contributed by atoms with van der Waals surface area (Å²) < 4.78 is 13.8. The Hall–Kier alpha value is -2.00. The van der Waals surface area contributed by atoms with Crippen molar-refractivity contribution in [3.8, 4) is 11.1 Å². The zero-order valence-corrected chi connectivity index (χ0v) is 10.9. The van der Waals surface area contributed by atoms with Crippen LogP contribution in [0.1, 0.15) is 5.69 Å². The van der Waals surface area contributed by atoms with Crippen LogP contribution in [-0.2, 0) is 0 Å². The molecule has 0 bridgehead atoms. The van der Waals surface area contributed by atoms with Gasteiger partial charge in [0.25, 0.3) is 0 Å². The van der Waals surface area contributed by atoms with Crippen molar-refractivity contribution >= 4 is 22.5 Å². The third kappa shape index (κ3) is 2.06. The summed E-state index contributed by atoms with van der Waals surface area (Å²) in [5.74, 6) is -0.297. The summed E-state index contributed by atoms with van der Waals surface area (Å²) in [5.41, 5.74) is 2.73. The number of benzene rings is 2. The van der Waals surface area contributed by atoms with Crippen molar-refractivity contribution < 1.29 is 4.39 Å². The fraction of sp³-hybridized carbons (Fsp3) is 0.0667. The average molecular weight is 273 g/mol. The number of hydrogen-bond donors (Lipinski definition) is 0. The van der Waals surface area contributed by atoms with E-state index in [1.54, 1.807) is 30.3 Å². The van der Waals surface area contributed by atoms with Crippen LogP contribution in [0.4, 0.5) is 4.39 Å². The highest BCUT2D eigenvalue weighted by Gasteiger charge is 2.11. The van der Waals surface area contributed by atoms with Gasteiger partial charge in [-0.15, -0.1) is 0 Å². The van der Waals surface area contributed by atoms with Gasteiger partial charge < -0.3 is 0 Å². The summed E-state index contributed by atoms with van der Waals surface area (Å²) in [6.45, 7) is 1.89. The highest BCUT2D eigenvalue weighted by Crippen LogP contribution is 2.33. The zero-order valence-electron chi connectivity index (χ0n) is 10.2. The summed E-state index contributed by atoms with van der Waals surface area (Å²) in [6.07, 6.45) is 1.50.